The summed E-state index contributed by atoms with van der Waals surface area (Å²) >= 11 is 0. The smallest absolute Gasteiger partial charge is 0.416 e. The van der Waals surface area contributed by atoms with Crippen molar-refractivity contribution in [1.82, 2.24) is 15.2 Å². The highest BCUT2D eigenvalue weighted by molar-refractivity contribution is 5.92. The molecule has 1 fully saturated rings. The van der Waals surface area contributed by atoms with E-state index in [-0.39, 0.29) is 23.4 Å². The van der Waals surface area contributed by atoms with Crippen LogP contribution in [-0.2, 0) is 12.4 Å². The second-order valence-corrected chi connectivity index (χ2v) is 8.53. The quantitative estimate of drug-likeness (QED) is 0.524. The number of aromatic nitrogens is 1. The Bertz CT molecular complexity index is 975. The van der Waals surface area contributed by atoms with Gasteiger partial charge in [-0.2, -0.15) is 26.3 Å². The van der Waals surface area contributed by atoms with E-state index in [1.165, 1.54) is 18.3 Å². The van der Waals surface area contributed by atoms with Crippen molar-refractivity contribution in [3.8, 4) is 11.5 Å². The standard InChI is InChI=1S/C23H25F6N3O2/c1-14(2)32-7-3-4-15(13-32)12-31-21(33)20-11-18(5-6-30-20)34-19-9-16(22(24,25)26)8-17(10-19)23(27,28)29/h5-6,8-11,14-15H,3-4,7,12-13H2,1-2H3,(H,31,33)/t15-/m1/s1. The molecule has 2 heterocycles. The summed E-state index contributed by atoms with van der Waals surface area (Å²) in [7, 11) is 0. The van der Waals surface area contributed by atoms with Crippen LogP contribution in [0.3, 0.4) is 0 Å². The number of carbonyl (C=O) groups is 1. The van der Waals surface area contributed by atoms with Crippen molar-refractivity contribution in [3.05, 3.63) is 53.3 Å². The zero-order valence-corrected chi connectivity index (χ0v) is 18.6. The van der Waals surface area contributed by atoms with Gasteiger partial charge in [0.25, 0.3) is 5.91 Å². The predicted molar refractivity (Wildman–Crippen MR) is 113 cm³/mol. The van der Waals surface area contributed by atoms with Gasteiger partial charge in [-0.1, -0.05) is 0 Å². The third-order valence-electron chi connectivity index (χ3n) is 5.59. The minimum absolute atomic E-state index is 0.0178. The van der Waals surface area contributed by atoms with E-state index in [4.69, 9.17) is 4.74 Å². The van der Waals surface area contributed by atoms with Crippen molar-refractivity contribution >= 4 is 5.91 Å². The van der Waals surface area contributed by atoms with Crippen molar-refractivity contribution in [2.75, 3.05) is 19.6 Å². The van der Waals surface area contributed by atoms with Crippen molar-refractivity contribution in [2.24, 2.45) is 5.92 Å². The molecule has 11 heteroatoms. The van der Waals surface area contributed by atoms with Crippen molar-refractivity contribution in [1.29, 1.82) is 0 Å². The lowest BCUT2D eigenvalue weighted by Gasteiger charge is -2.35. The van der Waals surface area contributed by atoms with Gasteiger partial charge in [-0.25, -0.2) is 0 Å². The highest BCUT2D eigenvalue weighted by atomic mass is 19.4. The number of hydrogen-bond donors (Lipinski definition) is 1. The maximum absolute atomic E-state index is 13.1. The van der Waals surface area contributed by atoms with E-state index in [1.807, 2.05) is 0 Å². The number of pyridine rings is 1. The van der Waals surface area contributed by atoms with E-state index >= 15 is 0 Å². The van der Waals surface area contributed by atoms with Gasteiger partial charge in [-0.05, 0) is 63.4 Å². The molecular formula is C23H25F6N3O2. The normalized spacial score (nSPS) is 17.6. The summed E-state index contributed by atoms with van der Waals surface area (Å²) in [6.45, 7) is 6.51. The van der Waals surface area contributed by atoms with Gasteiger partial charge >= 0.3 is 12.4 Å². The first-order valence-electron chi connectivity index (χ1n) is 10.8. The summed E-state index contributed by atoms with van der Waals surface area (Å²) in [4.78, 5) is 18.8. The van der Waals surface area contributed by atoms with Crippen LogP contribution in [0, 0.1) is 5.92 Å². The summed E-state index contributed by atoms with van der Waals surface area (Å²) < 4.78 is 83.6. The van der Waals surface area contributed by atoms with Crippen molar-refractivity contribution < 1.29 is 35.9 Å². The molecule has 1 amide bonds. The highest BCUT2D eigenvalue weighted by Gasteiger charge is 2.37. The number of carbonyl (C=O) groups excluding carboxylic acids is 1. The molecule has 0 radical (unpaired) electrons. The molecule has 1 atom stereocenters. The maximum Gasteiger partial charge on any atom is 0.416 e. The second-order valence-electron chi connectivity index (χ2n) is 8.53. The first-order chi connectivity index (χ1) is 15.8. The first kappa shape index (κ1) is 25.8. The van der Waals surface area contributed by atoms with E-state index in [1.54, 1.807) is 0 Å². The number of nitrogens with zero attached hydrogens (tertiary/aromatic N) is 2. The number of ether oxygens (including phenoxy) is 1. The summed E-state index contributed by atoms with van der Waals surface area (Å²) in [6.07, 6.45) is -6.79. The zero-order valence-electron chi connectivity index (χ0n) is 18.6. The molecule has 34 heavy (non-hydrogen) atoms. The number of hydrogen-bond acceptors (Lipinski definition) is 4. The van der Waals surface area contributed by atoms with Crippen molar-refractivity contribution in [3.63, 3.8) is 0 Å². The van der Waals surface area contributed by atoms with Gasteiger partial charge in [0.15, 0.2) is 0 Å². The van der Waals surface area contributed by atoms with Gasteiger partial charge in [0.05, 0.1) is 11.1 Å². The fourth-order valence-corrected chi connectivity index (χ4v) is 3.78. The van der Waals surface area contributed by atoms with Crippen LogP contribution in [0.5, 0.6) is 11.5 Å². The molecule has 3 rings (SSSR count). The number of benzene rings is 1. The molecule has 1 N–H and O–H groups in total. The van der Waals surface area contributed by atoms with E-state index in [9.17, 15) is 31.1 Å². The maximum atomic E-state index is 13.1. The number of halogens is 6. The molecule has 1 aliphatic heterocycles. The molecule has 1 aromatic carbocycles. The Balaban J connectivity index is 1.71. The van der Waals surface area contributed by atoms with Crippen LogP contribution in [0.1, 0.15) is 48.3 Å². The Kier molecular flexibility index (Phi) is 7.74. The molecule has 0 aliphatic carbocycles. The summed E-state index contributed by atoms with van der Waals surface area (Å²) in [5, 5.41) is 2.80. The molecule has 0 unspecified atom stereocenters. The Morgan fingerprint density at radius 1 is 1.09 bits per heavy atom. The third kappa shape index (κ3) is 6.85. The molecule has 5 nitrogen and oxygen atoms in total. The monoisotopic (exact) mass is 489 g/mol. The average Bonchev–Trinajstić information content (AvgIpc) is 2.76. The van der Waals surface area contributed by atoms with Crippen LogP contribution >= 0.6 is 0 Å². The molecule has 0 bridgehead atoms. The van der Waals surface area contributed by atoms with Gasteiger partial charge in [0.1, 0.15) is 17.2 Å². The van der Waals surface area contributed by atoms with Crippen LogP contribution in [0.25, 0.3) is 0 Å². The molecular weight excluding hydrogens is 464 g/mol. The highest BCUT2D eigenvalue weighted by Crippen LogP contribution is 2.39. The van der Waals surface area contributed by atoms with E-state index in [0.717, 1.165) is 25.9 Å². The fraction of sp³-hybridized carbons (Fsp3) is 0.478. The summed E-state index contributed by atoms with van der Waals surface area (Å²) in [5.74, 6) is -1.01. The molecule has 2 aromatic rings. The number of amides is 1. The van der Waals surface area contributed by atoms with E-state index in [0.29, 0.717) is 24.7 Å². The SMILES string of the molecule is CC(C)N1CCC[C@H](CNC(=O)c2cc(Oc3cc(C(F)(F)F)cc(C(F)(F)F)c3)ccn2)C1. The molecule has 0 saturated carbocycles. The topological polar surface area (TPSA) is 54.5 Å². The van der Waals surface area contributed by atoms with Gasteiger partial charge in [-0.15, -0.1) is 0 Å². The van der Waals surface area contributed by atoms with Gasteiger partial charge in [0, 0.05) is 31.4 Å². The zero-order chi connectivity index (χ0) is 25.1. The van der Waals surface area contributed by atoms with Gasteiger partial charge < -0.3 is 15.0 Å². The Hall–Kier alpha value is -2.82. The van der Waals surface area contributed by atoms with Gasteiger partial charge in [-0.3, -0.25) is 9.78 Å². The molecule has 0 spiro atoms. The van der Waals surface area contributed by atoms with Crippen LogP contribution in [-0.4, -0.2) is 41.5 Å². The Morgan fingerprint density at radius 2 is 1.74 bits per heavy atom. The van der Waals surface area contributed by atoms with Gasteiger partial charge in [0.2, 0.25) is 0 Å². The average molecular weight is 489 g/mol. The fourth-order valence-electron chi connectivity index (χ4n) is 3.78. The number of rotatable bonds is 6. The van der Waals surface area contributed by atoms with Crippen LogP contribution in [0.2, 0.25) is 0 Å². The third-order valence-corrected chi connectivity index (χ3v) is 5.59. The number of alkyl halides is 6. The minimum atomic E-state index is -4.99. The second kappa shape index (κ2) is 10.2. The molecule has 186 valence electrons. The largest absolute Gasteiger partial charge is 0.457 e. The predicted octanol–water partition coefficient (Wildman–Crippen LogP) is 5.76. The minimum Gasteiger partial charge on any atom is -0.457 e. The number of likely N-dealkylation sites (tertiary alicyclic amines) is 1. The lowest BCUT2D eigenvalue weighted by atomic mass is 9.97. The lowest BCUT2D eigenvalue weighted by Crippen LogP contribution is -2.43. The molecule has 1 saturated heterocycles. The van der Waals surface area contributed by atoms with E-state index in [2.05, 4.69) is 29.0 Å². The number of nitrogens with one attached hydrogen (secondary N) is 1. The Labute approximate surface area is 193 Å². The van der Waals surface area contributed by atoms with Crippen LogP contribution < -0.4 is 10.1 Å². The van der Waals surface area contributed by atoms with E-state index < -0.39 is 35.1 Å². The lowest BCUT2D eigenvalue weighted by molar-refractivity contribution is -0.143. The van der Waals surface area contributed by atoms with Crippen LogP contribution in [0.15, 0.2) is 36.5 Å². The summed E-state index contributed by atoms with van der Waals surface area (Å²) in [5.41, 5.74) is -3.04. The van der Waals surface area contributed by atoms with Crippen LogP contribution in [0.4, 0.5) is 26.3 Å². The summed E-state index contributed by atoms with van der Waals surface area (Å²) in [6, 6.07) is 3.78. The molecule has 1 aromatic heterocycles. The first-order valence-corrected chi connectivity index (χ1v) is 10.8. The van der Waals surface area contributed by atoms with Crippen molar-refractivity contribution in [2.45, 2.75) is 45.1 Å². The Morgan fingerprint density at radius 3 is 2.32 bits per heavy atom. The number of piperidine rings is 1. The molecule has 1 aliphatic rings.